The summed E-state index contributed by atoms with van der Waals surface area (Å²) < 4.78 is 1.85. The van der Waals surface area contributed by atoms with E-state index in [-0.39, 0.29) is 17.4 Å². The minimum absolute atomic E-state index is 0.0147. The lowest BCUT2D eigenvalue weighted by atomic mass is 10.1. The van der Waals surface area contributed by atoms with E-state index in [4.69, 9.17) is 11.6 Å². The number of hydrogen-bond donors (Lipinski definition) is 1. The van der Waals surface area contributed by atoms with Crippen molar-refractivity contribution in [1.82, 2.24) is 14.8 Å². The third-order valence-corrected chi connectivity index (χ3v) is 4.93. The largest absolute Gasteiger partial charge is 0.325 e. The predicted molar refractivity (Wildman–Crippen MR) is 107 cm³/mol. The van der Waals surface area contributed by atoms with E-state index in [1.54, 1.807) is 30.3 Å². The highest BCUT2D eigenvalue weighted by Crippen LogP contribution is 2.24. The molecule has 0 aliphatic heterocycles. The molecule has 0 saturated carbocycles. The molecule has 0 bridgehead atoms. The van der Waals surface area contributed by atoms with Crippen molar-refractivity contribution in [2.75, 3.05) is 11.1 Å². The van der Waals surface area contributed by atoms with Gasteiger partial charge in [0, 0.05) is 16.3 Å². The third kappa shape index (κ3) is 4.75. The molecule has 1 amide bonds. The highest BCUT2D eigenvalue weighted by atomic mass is 35.5. The van der Waals surface area contributed by atoms with Crippen molar-refractivity contribution in [1.29, 1.82) is 0 Å². The Labute approximate surface area is 165 Å². The minimum Gasteiger partial charge on any atom is -0.325 e. The molecule has 0 atom stereocenters. The highest BCUT2D eigenvalue weighted by molar-refractivity contribution is 7.99. The maximum atomic E-state index is 12.2. The summed E-state index contributed by atoms with van der Waals surface area (Å²) >= 11 is 7.35. The summed E-state index contributed by atoms with van der Waals surface area (Å²) in [5, 5.41) is 12.3. The van der Waals surface area contributed by atoms with Gasteiger partial charge in [-0.1, -0.05) is 29.4 Å². The lowest BCUT2D eigenvalue weighted by Crippen LogP contribution is -2.14. The van der Waals surface area contributed by atoms with Gasteiger partial charge in [-0.3, -0.25) is 14.2 Å². The van der Waals surface area contributed by atoms with Crippen molar-refractivity contribution in [3.05, 3.63) is 64.9 Å². The first-order chi connectivity index (χ1) is 12.9. The monoisotopic (exact) mass is 400 g/mol. The molecule has 3 rings (SSSR count). The van der Waals surface area contributed by atoms with E-state index in [2.05, 4.69) is 15.5 Å². The van der Waals surface area contributed by atoms with Gasteiger partial charge in [-0.25, -0.2) is 0 Å². The number of amides is 1. The summed E-state index contributed by atoms with van der Waals surface area (Å²) in [7, 11) is 0. The molecular formula is C19H17ClN4O2S. The molecule has 0 aliphatic rings. The second-order valence-electron chi connectivity index (χ2n) is 5.82. The van der Waals surface area contributed by atoms with Crippen LogP contribution in [0, 0.1) is 6.92 Å². The van der Waals surface area contributed by atoms with Crippen molar-refractivity contribution in [2.45, 2.75) is 19.0 Å². The van der Waals surface area contributed by atoms with Gasteiger partial charge in [0.15, 0.2) is 10.9 Å². The van der Waals surface area contributed by atoms with E-state index in [9.17, 15) is 9.59 Å². The highest BCUT2D eigenvalue weighted by Gasteiger charge is 2.14. The third-order valence-electron chi connectivity index (χ3n) is 3.77. The van der Waals surface area contributed by atoms with E-state index in [0.29, 0.717) is 27.3 Å². The normalized spacial score (nSPS) is 10.6. The second kappa shape index (κ2) is 8.37. The standard InChI is InChI=1S/C19H17ClN4O2S/c1-12(25)14-6-8-16(9-7-14)21-18(26)11-27-19-23-22-13(2)24(19)17-5-3-4-15(20)10-17/h3-10H,11H2,1-2H3,(H,21,26). The maximum Gasteiger partial charge on any atom is 0.234 e. The molecule has 2 aromatic carbocycles. The van der Waals surface area contributed by atoms with Crippen molar-refractivity contribution in [3.63, 3.8) is 0 Å². The van der Waals surface area contributed by atoms with Crippen molar-refractivity contribution >= 4 is 40.7 Å². The molecule has 0 aliphatic carbocycles. The van der Waals surface area contributed by atoms with Gasteiger partial charge in [0.2, 0.25) is 5.91 Å². The lowest BCUT2D eigenvalue weighted by Gasteiger charge is -2.09. The van der Waals surface area contributed by atoms with Gasteiger partial charge < -0.3 is 5.32 Å². The Balaban J connectivity index is 1.67. The summed E-state index contributed by atoms with van der Waals surface area (Å²) in [6, 6.07) is 14.2. The van der Waals surface area contributed by atoms with Crippen LogP contribution in [0.2, 0.25) is 5.02 Å². The molecule has 27 heavy (non-hydrogen) atoms. The van der Waals surface area contributed by atoms with E-state index in [1.807, 2.05) is 29.7 Å². The number of nitrogens with one attached hydrogen (secondary N) is 1. The van der Waals surface area contributed by atoms with Crippen LogP contribution in [0.4, 0.5) is 5.69 Å². The van der Waals surface area contributed by atoms with Crippen LogP contribution in [-0.4, -0.2) is 32.2 Å². The van der Waals surface area contributed by atoms with Crippen LogP contribution in [0.1, 0.15) is 23.1 Å². The quantitative estimate of drug-likeness (QED) is 0.496. The Kier molecular flexibility index (Phi) is 5.93. The SMILES string of the molecule is CC(=O)c1ccc(NC(=O)CSc2nnc(C)n2-c2cccc(Cl)c2)cc1. The predicted octanol–water partition coefficient (Wildman–Crippen LogP) is 4.16. The van der Waals surface area contributed by atoms with Gasteiger partial charge in [0.1, 0.15) is 5.82 Å². The zero-order valence-electron chi connectivity index (χ0n) is 14.8. The Hall–Kier alpha value is -2.64. The Morgan fingerprint density at radius 2 is 1.89 bits per heavy atom. The van der Waals surface area contributed by atoms with Crippen LogP contribution in [0.3, 0.4) is 0 Å². The van der Waals surface area contributed by atoms with Gasteiger partial charge >= 0.3 is 0 Å². The zero-order chi connectivity index (χ0) is 19.4. The number of aryl methyl sites for hydroxylation is 1. The first kappa shape index (κ1) is 19.1. The van der Waals surface area contributed by atoms with Gasteiger partial charge in [-0.2, -0.15) is 0 Å². The molecule has 0 spiro atoms. The number of benzene rings is 2. The molecule has 138 valence electrons. The van der Waals surface area contributed by atoms with E-state index >= 15 is 0 Å². The average Bonchev–Trinajstić information content (AvgIpc) is 3.01. The van der Waals surface area contributed by atoms with Crippen LogP contribution in [0.15, 0.2) is 53.7 Å². The molecule has 6 nitrogen and oxygen atoms in total. The molecule has 0 fully saturated rings. The fraction of sp³-hybridized carbons (Fsp3) is 0.158. The van der Waals surface area contributed by atoms with Crippen molar-refractivity contribution in [3.8, 4) is 5.69 Å². The molecule has 0 saturated heterocycles. The fourth-order valence-electron chi connectivity index (χ4n) is 2.46. The lowest BCUT2D eigenvalue weighted by molar-refractivity contribution is -0.113. The number of thioether (sulfide) groups is 1. The number of carbonyl (C=O) groups is 2. The second-order valence-corrected chi connectivity index (χ2v) is 7.19. The summed E-state index contributed by atoms with van der Waals surface area (Å²) in [5.41, 5.74) is 2.08. The molecule has 0 unspecified atom stereocenters. The van der Waals surface area contributed by atoms with Crippen LogP contribution in [0.5, 0.6) is 0 Å². The van der Waals surface area contributed by atoms with E-state index in [0.717, 1.165) is 5.69 Å². The molecule has 0 radical (unpaired) electrons. The first-order valence-corrected chi connectivity index (χ1v) is 9.52. The van der Waals surface area contributed by atoms with E-state index in [1.165, 1.54) is 18.7 Å². The number of halogens is 1. The smallest absolute Gasteiger partial charge is 0.234 e. The first-order valence-electron chi connectivity index (χ1n) is 8.15. The Morgan fingerprint density at radius 1 is 1.15 bits per heavy atom. The number of carbonyl (C=O) groups excluding carboxylic acids is 2. The number of aromatic nitrogens is 3. The molecule has 3 aromatic rings. The molecule has 1 N–H and O–H groups in total. The number of hydrogen-bond acceptors (Lipinski definition) is 5. The van der Waals surface area contributed by atoms with Crippen LogP contribution in [-0.2, 0) is 4.79 Å². The van der Waals surface area contributed by atoms with Crippen LogP contribution < -0.4 is 5.32 Å². The Morgan fingerprint density at radius 3 is 2.56 bits per heavy atom. The molecule has 1 aromatic heterocycles. The number of nitrogens with zero attached hydrogens (tertiary/aromatic N) is 3. The van der Waals surface area contributed by atoms with Gasteiger partial charge in [0.05, 0.1) is 11.4 Å². The van der Waals surface area contributed by atoms with Crippen LogP contribution >= 0.6 is 23.4 Å². The summed E-state index contributed by atoms with van der Waals surface area (Å²) in [6.07, 6.45) is 0. The molecule has 8 heteroatoms. The van der Waals surface area contributed by atoms with E-state index < -0.39 is 0 Å². The Bertz CT molecular complexity index is 986. The number of rotatable bonds is 6. The van der Waals surface area contributed by atoms with Crippen molar-refractivity contribution in [2.24, 2.45) is 0 Å². The van der Waals surface area contributed by atoms with Crippen LogP contribution in [0.25, 0.3) is 5.69 Å². The maximum absolute atomic E-state index is 12.2. The van der Waals surface area contributed by atoms with Gasteiger partial charge in [0.25, 0.3) is 0 Å². The van der Waals surface area contributed by atoms with Crippen molar-refractivity contribution < 1.29 is 9.59 Å². The van der Waals surface area contributed by atoms with Gasteiger partial charge in [-0.15, -0.1) is 10.2 Å². The minimum atomic E-state index is -0.172. The van der Waals surface area contributed by atoms with Gasteiger partial charge in [-0.05, 0) is 56.3 Å². The number of Topliss-reactive ketones (excluding diaryl/α,β-unsaturated/α-hetero) is 1. The number of ketones is 1. The molecular weight excluding hydrogens is 384 g/mol. The topological polar surface area (TPSA) is 76.9 Å². The number of anilines is 1. The summed E-state index contributed by atoms with van der Waals surface area (Å²) in [6.45, 7) is 3.34. The summed E-state index contributed by atoms with van der Waals surface area (Å²) in [5.74, 6) is 0.695. The fourth-order valence-corrected chi connectivity index (χ4v) is 3.45. The zero-order valence-corrected chi connectivity index (χ0v) is 16.3. The average molecular weight is 401 g/mol. The summed E-state index contributed by atoms with van der Waals surface area (Å²) in [4.78, 5) is 23.5. The molecule has 1 heterocycles.